The molecule has 0 aliphatic heterocycles. The molecule has 4 saturated carbocycles. The van der Waals surface area contributed by atoms with E-state index in [4.69, 9.17) is 11.6 Å². The topological polar surface area (TPSA) is 20.3 Å². The summed E-state index contributed by atoms with van der Waals surface area (Å²) in [6, 6.07) is 0.552. The minimum Gasteiger partial charge on any atom is -0.342 e. The fourth-order valence-corrected chi connectivity index (χ4v) is 5.43. The van der Waals surface area contributed by atoms with Gasteiger partial charge in [-0.05, 0) is 68.6 Å². The van der Waals surface area contributed by atoms with E-state index in [-0.39, 0.29) is 0 Å². The van der Waals surface area contributed by atoms with E-state index in [0.29, 0.717) is 24.2 Å². The number of carbonyl (C=O) groups excluding carboxylic acids is 1. The van der Waals surface area contributed by atoms with Gasteiger partial charge in [0.25, 0.3) is 0 Å². The first-order valence-corrected chi connectivity index (χ1v) is 8.54. The van der Waals surface area contributed by atoms with E-state index in [2.05, 4.69) is 11.9 Å². The second-order valence-corrected chi connectivity index (χ2v) is 7.45. The summed E-state index contributed by atoms with van der Waals surface area (Å²) in [4.78, 5) is 14.4. The van der Waals surface area contributed by atoms with E-state index >= 15 is 0 Å². The third-order valence-electron chi connectivity index (χ3n) is 5.79. The Bertz CT molecular complexity index is 316. The fraction of sp³-hybridized carbons (Fsp3) is 0.938. The summed E-state index contributed by atoms with van der Waals surface area (Å²) in [6.45, 7) is 0. The Morgan fingerprint density at radius 2 is 1.63 bits per heavy atom. The Labute approximate surface area is 121 Å². The van der Waals surface area contributed by atoms with E-state index in [1.165, 1.54) is 32.1 Å². The van der Waals surface area contributed by atoms with Crippen LogP contribution in [0.3, 0.4) is 0 Å². The minimum absolute atomic E-state index is 0.350. The molecule has 4 aliphatic rings. The van der Waals surface area contributed by atoms with Crippen molar-refractivity contribution < 1.29 is 4.79 Å². The van der Waals surface area contributed by atoms with Gasteiger partial charge in [0.1, 0.15) is 0 Å². The maximum absolute atomic E-state index is 12.3. The molecule has 4 aliphatic carbocycles. The molecule has 4 rings (SSSR count). The van der Waals surface area contributed by atoms with Gasteiger partial charge in [0.2, 0.25) is 5.91 Å². The first-order valence-electron chi connectivity index (χ1n) is 8.00. The summed E-state index contributed by atoms with van der Waals surface area (Å²) in [6.07, 6.45) is 9.61. The van der Waals surface area contributed by atoms with Crippen LogP contribution in [0.25, 0.3) is 0 Å². The molecule has 0 saturated heterocycles. The van der Waals surface area contributed by atoms with E-state index < -0.39 is 0 Å². The van der Waals surface area contributed by atoms with Crippen LogP contribution in [0.2, 0.25) is 0 Å². The Morgan fingerprint density at radius 1 is 1.05 bits per heavy atom. The summed E-state index contributed by atoms with van der Waals surface area (Å²) in [5.41, 5.74) is 0. The molecule has 0 atom stereocenters. The van der Waals surface area contributed by atoms with Gasteiger partial charge in [-0.1, -0.05) is 0 Å². The zero-order chi connectivity index (χ0) is 13.4. The molecule has 2 nitrogen and oxygen atoms in total. The molecule has 4 fully saturated rings. The molecule has 3 heteroatoms. The summed E-state index contributed by atoms with van der Waals surface area (Å²) >= 11 is 5.69. The zero-order valence-electron chi connectivity index (χ0n) is 12.0. The van der Waals surface area contributed by atoms with Crippen molar-refractivity contribution in [3.8, 4) is 0 Å². The Kier molecular flexibility index (Phi) is 4.07. The molecule has 0 radical (unpaired) electrons. The maximum atomic E-state index is 12.3. The molecular formula is C16H26ClNO. The van der Waals surface area contributed by atoms with Crippen molar-refractivity contribution in [3.63, 3.8) is 0 Å². The molecule has 0 heterocycles. The lowest BCUT2D eigenvalue weighted by molar-refractivity contribution is -0.141. The van der Waals surface area contributed by atoms with Crippen LogP contribution in [-0.4, -0.2) is 29.8 Å². The van der Waals surface area contributed by atoms with Gasteiger partial charge in [-0.3, -0.25) is 4.79 Å². The van der Waals surface area contributed by atoms with Crippen LogP contribution >= 0.6 is 11.6 Å². The Morgan fingerprint density at radius 3 is 2.16 bits per heavy atom. The van der Waals surface area contributed by atoms with E-state index in [1.807, 2.05) is 0 Å². The molecule has 0 N–H and O–H groups in total. The van der Waals surface area contributed by atoms with Crippen molar-refractivity contribution in [2.45, 2.75) is 57.4 Å². The zero-order valence-corrected chi connectivity index (χ0v) is 12.7. The largest absolute Gasteiger partial charge is 0.342 e. The highest BCUT2D eigenvalue weighted by Crippen LogP contribution is 2.54. The first-order chi connectivity index (χ1) is 9.19. The van der Waals surface area contributed by atoms with Gasteiger partial charge in [-0.2, -0.15) is 0 Å². The molecule has 0 unspecified atom stereocenters. The smallest absolute Gasteiger partial charge is 0.222 e. The lowest BCUT2D eigenvalue weighted by atomic mass is 9.54. The average molecular weight is 284 g/mol. The van der Waals surface area contributed by atoms with Crippen molar-refractivity contribution >= 4 is 17.5 Å². The number of nitrogens with zero attached hydrogens (tertiary/aromatic N) is 1. The van der Waals surface area contributed by atoms with Crippen LogP contribution in [0, 0.1) is 23.7 Å². The van der Waals surface area contributed by atoms with Crippen LogP contribution in [0.5, 0.6) is 0 Å². The number of rotatable bonds is 5. The van der Waals surface area contributed by atoms with Gasteiger partial charge in [0.05, 0.1) is 0 Å². The van der Waals surface area contributed by atoms with Gasteiger partial charge in [0.15, 0.2) is 0 Å². The predicted octanol–water partition coefficient (Wildman–Crippen LogP) is 3.68. The second kappa shape index (κ2) is 5.63. The number of alkyl halides is 1. The third kappa shape index (κ3) is 2.66. The molecular weight excluding hydrogens is 258 g/mol. The third-order valence-corrected chi connectivity index (χ3v) is 6.06. The number of halogens is 1. The number of hydrogen-bond acceptors (Lipinski definition) is 1. The van der Waals surface area contributed by atoms with Gasteiger partial charge in [0, 0.05) is 25.4 Å². The standard InChI is InChI=1S/C16H26ClNO/c1-18(15(19)4-2-3-5-17)16-13-7-11-6-12(9-13)10-14(16)8-11/h11-14,16H,2-10H2,1H3. The van der Waals surface area contributed by atoms with Gasteiger partial charge in [-0.25, -0.2) is 0 Å². The van der Waals surface area contributed by atoms with Crippen molar-refractivity contribution in [1.29, 1.82) is 0 Å². The molecule has 0 aromatic rings. The van der Waals surface area contributed by atoms with Crippen LogP contribution in [-0.2, 0) is 4.79 Å². The van der Waals surface area contributed by atoms with Crippen LogP contribution in [0.1, 0.15) is 51.4 Å². The van der Waals surface area contributed by atoms with Crippen LogP contribution < -0.4 is 0 Å². The molecule has 108 valence electrons. The number of hydrogen-bond donors (Lipinski definition) is 0. The highest BCUT2D eigenvalue weighted by atomic mass is 35.5. The van der Waals surface area contributed by atoms with Crippen molar-refractivity contribution in [2.24, 2.45) is 23.7 Å². The summed E-state index contributed by atoms with van der Waals surface area (Å²) in [5, 5.41) is 0. The molecule has 0 aromatic carbocycles. The SMILES string of the molecule is CN(C(=O)CCCCCl)C1C2CC3CC(C2)CC1C3. The van der Waals surface area contributed by atoms with Gasteiger partial charge in [-0.15, -0.1) is 11.6 Å². The van der Waals surface area contributed by atoms with Crippen molar-refractivity contribution in [1.82, 2.24) is 4.90 Å². The second-order valence-electron chi connectivity index (χ2n) is 7.07. The fourth-order valence-electron chi connectivity index (χ4n) is 5.24. The summed E-state index contributed by atoms with van der Waals surface area (Å²) < 4.78 is 0. The molecule has 0 aromatic heterocycles. The van der Waals surface area contributed by atoms with Crippen LogP contribution in [0.15, 0.2) is 0 Å². The highest BCUT2D eigenvalue weighted by molar-refractivity contribution is 6.17. The first kappa shape index (κ1) is 13.7. The lowest BCUT2D eigenvalue weighted by Gasteiger charge is -2.56. The number of unbranched alkanes of at least 4 members (excludes halogenated alkanes) is 1. The molecule has 4 bridgehead atoms. The maximum Gasteiger partial charge on any atom is 0.222 e. The van der Waals surface area contributed by atoms with E-state index in [9.17, 15) is 4.79 Å². The minimum atomic E-state index is 0.350. The molecule has 0 spiro atoms. The molecule has 1 amide bonds. The van der Waals surface area contributed by atoms with Gasteiger partial charge >= 0.3 is 0 Å². The number of carbonyl (C=O) groups is 1. The lowest BCUT2D eigenvalue weighted by Crippen LogP contribution is -2.56. The average Bonchev–Trinajstić information content (AvgIpc) is 2.37. The predicted molar refractivity (Wildman–Crippen MR) is 78.2 cm³/mol. The van der Waals surface area contributed by atoms with Gasteiger partial charge < -0.3 is 4.90 Å². The Balaban J connectivity index is 1.60. The van der Waals surface area contributed by atoms with E-state index in [0.717, 1.165) is 36.5 Å². The summed E-state index contributed by atoms with van der Waals surface area (Å²) in [7, 11) is 2.05. The summed E-state index contributed by atoms with van der Waals surface area (Å²) in [5.74, 6) is 4.60. The molecule has 19 heavy (non-hydrogen) atoms. The van der Waals surface area contributed by atoms with Crippen molar-refractivity contribution in [3.05, 3.63) is 0 Å². The quantitative estimate of drug-likeness (QED) is 0.557. The normalized spacial score (nSPS) is 39.6. The van der Waals surface area contributed by atoms with E-state index in [1.54, 1.807) is 0 Å². The Hall–Kier alpha value is -0.240. The van der Waals surface area contributed by atoms with Crippen LogP contribution in [0.4, 0.5) is 0 Å². The highest BCUT2D eigenvalue weighted by Gasteiger charge is 2.50. The number of amides is 1. The monoisotopic (exact) mass is 283 g/mol. The van der Waals surface area contributed by atoms with Crippen molar-refractivity contribution in [2.75, 3.05) is 12.9 Å².